The van der Waals surface area contributed by atoms with Gasteiger partial charge < -0.3 is 18.6 Å². The Hall–Kier alpha value is -2.68. The molecule has 38 heavy (non-hydrogen) atoms. The molecule has 8 heteroatoms. The molecule has 1 saturated heterocycles. The van der Waals surface area contributed by atoms with Crippen molar-refractivity contribution >= 4 is 20.3 Å². The van der Waals surface area contributed by atoms with Gasteiger partial charge in [-0.25, -0.2) is 9.69 Å². The third-order valence-electron chi connectivity index (χ3n) is 7.69. The van der Waals surface area contributed by atoms with Crippen LogP contribution in [0.2, 0.25) is 18.1 Å². The summed E-state index contributed by atoms with van der Waals surface area (Å²) >= 11 is 0. The maximum absolute atomic E-state index is 13.8. The number of benzene rings is 2. The van der Waals surface area contributed by atoms with Crippen LogP contribution in [-0.2, 0) is 31.7 Å². The van der Waals surface area contributed by atoms with Gasteiger partial charge in [-0.15, -0.1) is 0 Å². The Morgan fingerprint density at radius 3 is 2.34 bits per heavy atom. The van der Waals surface area contributed by atoms with E-state index < -0.39 is 20.3 Å². The minimum atomic E-state index is -2.20. The maximum atomic E-state index is 13.8. The summed E-state index contributed by atoms with van der Waals surface area (Å²) in [6.07, 6.45) is 0.139. The molecule has 0 spiro atoms. The fourth-order valence-corrected chi connectivity index (χ4v) is 5.66. The van der Waals surface area contributed by atoms with Crippen molar-refractivity contribution in [1.82, 2.24) is 4.90 Å². The summed E-state index contributed by atoms with van der Waals surface area (Å²) in [7, 11) is -0.561. The quantitative estimate of drug-likeness (QED) is 0.235. The van der Waals surface area contributed by atoms with Gasteiger partial charge >= 0.3 is 6.09 Å². The molecule has 0 aliphatic carbocycles. The van der Waals surface area contributed by atoms with Gasteiger partial charge in [-0.1, -0.05) is 70.2 Å². The Morgan fingerprint density at radius 1 is 1.08 bits per heavy atom. The smallest absolute Gasteiger partial charge is 0.416 e. The van der Waals surface area contributed by atoms with Gasteiger partial charge in [0.2, 0.25) is 5.91 Å². The SMILES string of the molecule is COc1ccc(COCC[C@@H](O[Si](C)(C)C(C)(C)C)[C@H](C)C(=O)N2C(=O)OC[C@@H]2Cc2ccccc2)cc1. The van der Waals surface area contributed by atoms with Crippen molar-refractivity contribution in [3.8, 4) is 5.75 Å². The first-order chi connectivity index (χ1) is 17.9. The highest BCUT2D eigenvalue weighted by molar-refractivity contribution is 6.74. The van der Waals surface area contributed by atoms with Crippen LogP contribution in [0.25, 0.3) is 0 Å². The Balaban J connectivity index is 1.70. The molecule has 2 aromatic carbocycles. The lowest BCUT2D eigenvalue weighted by molar-refractivity contribution is -0.136. The second-order valence-electron chi connectivity index (χ2n) is 11.5. The summed E-state index contributed by atoms with van der Waals surface area (Å²) in [4.78, 5) is 27.7. The van der Waals surface area contributed by atoms with Crippen molar-refractivity contribution in [1.29, 1.82) is 0 Å². The van der Waals surface area contributed by atoms with Crippen molar-refractivity contribution in [2.24, 2.45) is 5.92 Å². The molecule has 208 valence electrons. The zero-order valence-electron chi connectivity index (χ0n) is 23.9. The first kappa shape index (κ1) is 29.9. The molecule has 3 rings (SSSR count). The minimum absolute atomic E-state index is 0.0274. The van der Waals surface area contributed by atoms with Crippen LogP contribution >= 0.6 is 0 Å². The first-order valence-corrected chi connectivity index (χ1v) is 16.3. The number of carbonyl (C=O) groups is 2. The number of rotatable bonds is 12. The Labute approximate surface area is 228 Å². The second-order valence-corrected chi connectivity index (χ2v) is 16.3. The molecule has 2 aromatic rings. The molecule has 0 radical (unpaired) electrons. The molecule has 1 fully saturated rings. The lowest BCUT2D eigenvalue weighted by Crippen LogP contribution is -2.50. The number of hydrogen-bond acceptors (Lipinski definition) is 6. The first-order valence-electron chi connectivity index (χ1n) is 13.3. The number of cyclic esters (lactones) is 1. The lowest BCUT2D eigenvalue weighted by Gasteiger charge is -2.41. The van der Waals surface area contributed by atoms with Crippen LogP contribution in [0.4, 0.5) is 4.79 Å². The highest BCUT2D eigenvalue weighted by Crippen LogP contribution is 2.39. The van der Waals surface area contributed by atoms with E-state index in [1.807, 2.05) is 61.5 Å². The van der Waals surface area contributed by atoms with Gasteiger partial charge in [-0.05, 0) is 54.2 Å². The molecule has 3 atom stereocenters. The van der Waals surface area contributed by atoms with Gasteiger partial charge in [-0.3, -0.25) is 4.79 Å². The van der Waals surface area contributed by atoms with Crippen LogP contribution in [0.5, 0.6) is 5.75 Å². The van der Waals surface area contributed by atoms with Gasteiger partial charge in [-0.2, -0.15) is 0 Å². The number of hydrogen-bond donors (Lipinski definition) is 0. The number of imide groups is 1. The van der Waals surface area contributed by atoms with Gasteiger partial charge in [0, 0.05) is 6.61 Å². The summed E-state index contributed by atoms with van der Waals surface area (Å²) in [5.41, 5.74) is 2.10. The van der Waals surface area contributed by atoms with Crippen molar-refractivity contribution in [3.63, 3.8) is 0 Å². The summed E-state index contributed by atoms with van der Waals surface area (Å²) < 4.78 is 23.3. The van der Waals surface area contributed by atoms with Crippen molar-refractivity contribution < 1.29 is 28.2 Å². The molecule has 0 unspecified atom stereocenters. The van der Waals surface area contributed by atoms with E-state index >= 15 is 0 Å². The van der Waals surface area contributed by atoms with Crippen LogP contribution < -0.4 is 4.74 Å². The third-order valence-corrected chi connectivity index (χ3v) is 12.2. The summed E-state index contributed by atoms with van der Waals surface area (Å²) in [6.45, 7) is 13.8. The highest BCUT2D eigenvalue weighted by atomic mass is 28.4. The monoisotopic (exact) mass is 541 g/mol. The predicted molar refractivity (Wildman–Crippen MR) is 151 cm³/mol. The van der Waals surface area contributed by atoms with Crippen molar-refractivity contribution in [2.75, 3.05) is 20.3 Å². The Bertz CT molecular complexity index is 1050. The molecule has 0 aromatic heterocycles. The Morgan fingerprint density at radius 2 is 1.74 bits per heavy atom. The Kier molecular flexibility index (Phi) is 10.1. The molecule has 1 aliphatic rings. The van der Waals surface area contributed by atoms with E-state index in [1.54, 1.807) is 7.11 Å². The van der Waals surface area contributed by atoms with Crippen molar-refractivity contribution in [3.05, 3.63) is 65.7 Å². The van der Waals surface area contributed by atoms with Gasteiger partial charge in [0.1, 0.15) is 12.4 Å². The van der Waals surface area contributed by atoms with E-state index in [9.17, 15) is 9.59 Å². The maximum Gasteiger partial charge on any atom is 0.416 e. The molecule has 0 N–H and O–H groups in total. The zero-order valence-corrected chi connectivity index (χ0v) is 24.9. The van der Waals surface area contributed by atoms with E-state index in [0.29, 0.717) is 26.1 Å². The number of ether oxygens (including phenoxy) is 3. The fraction of sp³-hybridized carbons (Fsp3) is 0.533. The third kappa shape index (κ3) is 7.68. The summed E-state index contributed by atoms with van der Waals surface area (Å²) in [5.74, 6) is 0.0138. The molecule has 7 nitrogen and oxygen atoms in total. The highest BCUT2D eigenvalue weighted by Gasteiger charge is 2.45. The molecule has 0 saturated carbocycles. The van der Waals surface area contributed by atoms with Gasteiger partial charge in [0.25, 0.3) is 0 Å². The molecule has 1 heterocycles. The van der Waals surface area contributed by atoms with Crippen LogP contribution in [0.15, 0.2) is 54.6 Å². The van der Waals surface area contributed by atoms with Crippen LogP contribution in [0, 0.1) is 5.92 Å². The summed E-state index contributed by atoms with van der Waals surface area (Å²) in [5, 5.41) is -0.0274. The van der Waals surface area contributed by atoms with Crippen LogP contribution in [0.3, 0.4) is 0 Å². The van der Waals surface area contributed by atoms with Crippen molar-refractivity contribution in [2.45, 2.75) is 77.4 Å². The average molecular weight is 542 g/mol. The van der Waals surface area contributed by atoms with E-state index in [4.69, 9.17) is 18.6 Å². The number of methoxy groups -OCH3 is 1. The van der Waals surface area contributed by atoms with E-state index in [-0.39, 0.29) is 29.7 Å². The average Bonchev–Trinajstić information content (AvgIpc) is 3.24. The number of carbonyl (C=O) groups excluding carboxylic acids is 2. The normalized spacial score (nSPS) is 17.7. The topological polar surface area (TPSA) is 74.3 Å². The van der Waals surface area contributed by atoms with Gasteiger partial charge in [0.15, 0.2) is 8.32 Å². The van der Waals surface area contributed by atoms with Crippen LogP contribution in [-0.4, -0.2) is 57.7 Å². The van der Waals surface area contributed by atoms with Gasteiger partial charge in [0.05, 0.1) is 31.8 Å². The fourth-order valence-electron chi connectivity index (χ4n) is 4.22. The largest absolute Gasteiger partial charge is 0.497 e. The van der Waals surface area contributed by atoms with E-state index in [2.05, 4.69) is 33.9 Å². The standard InChI is InChI=1S/C30H43NO6Si/c1-22(28(32)31-25(21-36-29(31)33)19-23-11-9-8-10-12-23)27(37-38(6,7)30(2,3)4)17-18-35-20-24-13-15-26(34-5)16-14-24/h8-16,22,25,27H,17-21H2,1-7H3/t22-,25-,27+/m0/s1. The number of amides is 2. The number of nitrogens with zero attached hydrogens (tertiary/aromatic N) is 1. The molecular weight excluding hydrogens is 498 g/mol. The summed E-state index contributed by atoms with van der Waals surface area (Å²) in [6, 6.07) is 17.3. The minimum Gasteiger partial charge on any atom is -0.497 e. The second kappa shape index (κ2) is 12.9. The molecule has 0 bridgehead atoms. The molecule has 1 aliphatic heterocycles. The van der Waals surface area contributed by atoms with E-state index in [0.717, 1.165) is 16.9 Å². The zero-order chi connectivity index (χ0) is 27.9. The molecule has 2 amide bonds. The lowest BCUT2D eigenvalue weighted by atomic mass is 9.98. The predicted octanol–water partition coefficient (Wildman–Crippen LogP) is 6.22. The molecular formula is C30H43NO6Si. The van der Waals surface area contributed by atoms with E-state index in [1.165, 1.54) is 4.90 Å². The van der Waals surface area contributed by atoms with Crippen LogP contribution in [0.1, 0.15) is 45.2 Å².